The highest BCUT2D eigenvalue weighted by Gasteiger charge is 2.17. The molecule has 0 aliphatic carbocycles. The van der Waals surface area contributed by atoms with Crippen molar-refractivity contribution >= 4 is 11.9 Å². The lowest BCUT2D eigenvalue weighted by Crippen LogP contribution is -2.27. The quantitative estimate of drug-likeness (QED) is 0.449. The second-order valence-corrected chi connectivity index (χ2v) is 4.21. The summed E-state index contributed by atoms with van der Waals surface area (Å²) in [6, 6.07) is 0. The molecule has 4 heteroatoms. The lowest BCUT2D eigenvalue weighted by atomic mass is 9.92. The van der Waals surface area contributed by atoms with E-state index < -0.39 is 5.97 Å². The molecule has 0 fully saturated rings. The summed E-state index contributed by atoms with van der Waals surface area (Å²) in [5, 5.41) is 2.70. The van der Waals surface area contributed by atoms with E-state index >= 15 is 0 Å². The summed E-state index contributed by atoms with van der Waals surface area (Å²) in [6.07, 6.45) is 5.35. The molecule has 4 nitrogen and oxygen atoms in total. The minimum absolute atomic E-state index is 0.0366. The number of amides is 1. The lowest BCUT2D eigenvalue weighted by molar-refractivity contribution is -0.137. The molecule has 18 heavy (non-hydrogen) atoms. The summed E-state index contributed by atoms with van der Waals surface area (Å²) in [5.74, 6) is -0.358. The minimum Gasteiger partial charge on any atom is -0.463 e. The molecule has 102 valence electrons. The summed E-state index contributed by atoms with van der Waals surface area (Å²) >= 11 is 0. The number of nitrogens with one attached hydrogen (secondary N) is 1. The summed E-state index contributed by atoms with van der Waals surface area (Å²) in [6.45, 7) is 9.43. The van der Waals surface area contributed by atoms with Gasteiger partial charge in [-0.05, 0) is 19.8 Å². The first-order valence-corrected chi connectivity index (χ1v) is 6.21. The van der Waals surface area contributed by atoms with Crippen molar-refractivity contribution in [2.75, 3.05) is 6.61 Å². The molecule has 0 aromatic rings. The molecule has 0 aliphatic rings. The second kappa shape index (κ2) is 8.50. The van der Waals surface area contributed by atoms with Gasteiger partial charge in [0.25, 0.3) is 0 Å². The van der Waals surface area contributed by atoms with Crippen molar-refractivity contribution < 1.29 is 14.3 Å². The van der Waals surface area contributed by atoms with Crippen molar-refractivity contribution in [2.45, 2.75) is 34.6 Å². The predicted molar refractivity (Wildman–Crippen MR) is 71.7 cm³/mol. The SMILES string of the molecule is CC=CC(C)C(C)C(=CC(=O)OCC)NC(C)=O. The Morgan fingerprint density at radius 2 is 1.94 bits per heavy atom. The molecule has 1 N–H and O–H groups in total. The van der Waals surface area contributed by atoms with Gasteiger partial charge in [0, 0.05) is 24.6 Å². The number of esters is 1. The normalized spacial score (nSPS) is 15.3. The molecule has 0 radical (unpaired) electrons. The van der Waals surface area contributed by atoms with Crippen LogP contribution in [0.3, 0.4) is 0 Å². The van der Waals surface area contributed by atoms with Gasteiger partial charge in [0.05, 0.1) is 6.61 Å². The molecule has 0 bridgehead atoms. The first kappa shape index (κ1) is 16.4. The molecule has 0 aromatic heterocycles. The van der Waals surface area contributed by atoms with Crippen LogP contribution in [0.15, 0.2) is 23.9 Å². The van der Waals surface area contributed by atoms with E-state index in [4.69, 9.17) is 4.74 Å². The second-order valence-electron chi connectivity index (χ2n) is 4.21. The van der Waals surface area contributed by atoms with Crippen LogP contribution in [-0.2, 0) is 14.3 Å². The van der Waals surface area contributed by atoms with Crippen molar-refractivity contribution in [3.8, 4) is 0 Å². The van der Waals surface area contributed by atoms with Gasteiger partial charge < -0.3 is 10.1 Å². The predicted octanol–water partition coefficient (Wildman–Crippen LogP) is 2.42. The Balaban J connectivity index is 4.97. The van der Waals surface area contributed by atoms with Gasteiger partial charge in [-0.2, -0.15) is 0 Å². The molecule has 0 saturated carbocycles. The number of hydrogen-bond donors (Lipinski definition) is 1. The largest absolute Gasteiger partial charge is 0.463 e. The Hall–Kier alpha value is -1.58. The van der Waals surface area contributed by atoms with Crippen LogP contribution in [0.25, 0.3) is 0 Å². The Kier molecular flexibility index (Phi) is 7.76. The minimum atomic E-state index is -0.430. The molecule has 1 amide bonds. The van der Waals surface area contributed by atoms with Gasteiger partial charge in [0.1, 0.15) is 0 Å². The summed E-state index contributed by atoms with van der Waals surface area (Å²) in [5.41, 5.74) is 0.589. The average Bonchev–Trinajstić information content (AvgIpc) is 2.27. The molecule has 2 atom stereocenters. The van der Waals surface area contributed by atoms with E-state index in [1.165, 1.54) is 13.0 Å². The third kappa shape index (κ3) is 6.23. The van der Waals surface area contributed by atoms with Crippen molar-refractivity contribution in [3.05, 3.63) is 23.9 Å². The number of hydrogen-bond acceptors (Lipinski definition) is 3. The van der Waals surface area contributed by atoms with Crippen molar-refractivity contribution in [1.82, 2.24) is 5.32 Å². The molecule has 0 aliphatic heterocycles. The van der Waals surface area contributed by atoms with Crippen LogP contribution in [-0.4, -0.2) is 18.5 Å². The van der Waals surface area contributed by atoms with Crippen molar-refractivity contribution in [2.24, 2.45) is 11.8 Å². The Morgan fingerprint density at radius 1 is 1.33 bits per heavy atom. The topological polar surface area (TPSA) is 55.4 Å². The number of carbonyl (C=O) groups excluding carboxylic acids is 2. The Morgan fingerprint density at radius 3 is 2.39 bits per heavy atom. The van der Waals surface area contributed by atoms with Crippen LogP contribution < -0.4 is 5.32 Å². The lowest BCUT2D eigenvalue weighted by Gasteiger charge is -2.20. The van der Waals surface area contributed by atoms with E-state index in [1.807, 2.05) is 32.9 Å². The van der Waals surface area contributed by atoms with Gasteiger partial charge in [0.2, 0.25) is 5.91 Å². The van der Waals surface area contributed by atoms with Crippen LogP contribution in [0.1, 0.15) is 34.6 Å². The van der Waals surface area contributed by atoms with Gasteiger partial charge >= 0.3 is 5.97 Å². The molecule has 0 heterocycles. The van der Waals surface area contributed by atoms with Gasteiger partial charge in [-0.15, -0.1) is 0 Å². The number of allylic oxidation sites excluding steroid dienone is 3. The van der Waals surface area contributed by atoms with Gasteiger partial charge in [-0.3, -0.25) is 4.79 Å². The maximum Gasteiger partial charge on any atom is 0.332 e. The Bertz CT molecular complexity index is 345. The van der Waals surface area contributed by atoms with Gasteiger partial charge in [-0.1, -0.05) is 26.0 Å². The first-order chi connectivity index (χ1) is 8.42. The number of rotatable bonds is 6. The smallest absolute Gasteiger partial charge is 0.332 e. The van der Waals surface area contributed by atoms with Crippen LogP contribution in [0, 0.1) is 11.8 Å². The number of ether oxygens (including phenoxy) is 1. The van der Waals surface area contributed by atoms with E-state index in [9.17, 15) is 9.59 Å². The van der Waals surface area contributed by atoms with Crippen LogP contribution in [0.5, 0.6) is 0 Å². The first-order valence-electron chi connectivity index (χ1n) is 6.21. The summed E-state index contributed by atoms with van der Waals surface area (Å²) < 4.78 is 4.86. The fourth-order valence-electron chi connectivity index (χ4n) is 1.55. The maximum absolute atomic E-state index is 11.5. The molecule has 0 aromatic carbocycles. The third-order valence-corrected chi connectivity index (χ3v) is 2.66. The zero-order chi connectivity index (χ0) is 14.1. The van der Waals surface area contributed by atoms with E-state index in [0.29, 0.717) is 12.3 Å². The number of carbonyl (C=O) groups is 2. The van der Waals surface area contributed by atoms with Crippen molar-refractivity contribution in [3.63, 3.8) is 0 Å². The van der Waals surface area contributed by atoms with Gasteiger partial charge in [-0.25, -0.2) is 4.79 Å². The zero-order valence-electron chi connectivity index (χ0n) is 11.8. The van der Waals surface area contributed by atoms with Crippen LogP contribution >= 0.6 is 0 Å². The summed E-state index contributed by atoms with van der Waals surface area (Å²) in [7, 11) is 0. The third-order valence-electron chi connectivity index (χ3n) is 2.66. The average molecular weight is 253 g/mol. The van der Waals surface area contributed by atoms with Crippen molar-refractivity contribution in [1.29, 1.82) is 0 Å². The molecular weight excluding hydrogens is 230 g/mol. The zero-order valence-corrected chi connectivity index (χ0v) is 11.8. The maximum atomic E-state index is 11.5. The highest BCUT2D eigenvalue weighted by Crippen LogP contribution is 2.19. The fourth-order valence-corrected chi connectivity index (χ4v) is 1.55. The highest BCUT2D eigenvalue weighted by molar-refractivity contribution is 5.84. The summed E-state index contributed by atoms with van der Waals surface area (Å²) in [4.78, 5) is 22.6. The van der Waals surface area contributed by atoms with Crippen LogP contribution in [0.4, 0.5) is 0 Å². The fraction of sp³-hybridized carbons (Fsp3) is 0.571. The van der Waals surface area contributed by atoms with E-state index in [2.05, 4.69) is 5.32 Å². The highest BCUT2D eigenvalue weighted by atomic mass is 16.5. The van der Waals surface area contributed by atoms with E-state index in [1.54, 1.807) is 6.92 Å². The molecule has 0 spiro atoms. The molecular formula is C14H23NO3. The van der Waals surface area contributed by atoms with Crippen LogP contribution in [0.2, 0.25) is 0 Å². The van der Waals surface area contributed by atoms with E-state index in [-0.39, 0.29) is 17.7 Å². The monoisotopic (exact) mass is 253 g/mol. The van der Waals surface area contributed by atoms with E-state index in [0.717, 1.165) is 0 Å². The Labute approximate surface area is 109 Å². The molecule has 0 saturated heterocycles. The molecule has 0 rings (SSSR count). The standard InChI is InChI=1S/C14H23NO3/c1-6-8-10(3)11(4)13(15-12(5)16)9-14(17)18-7-2/h6,8-11H,7H2,1-5H3,(H,15,16). The molecule has 2 unspecified atom stereocenters. The van der Waals surface area contributed by atoms with Gasteiger partial charge in [0.15, 0.2) is 0 Å².